The van der Waals surface area contributed by atoms with Gasteiger partial charge in [-0.15, -0.1) is 0 Å². The highest BCUT2D eigenvalue weighted by molar-refractivity contribution is 5.93. The van der Waals surface area contributed by atoms with Gasteiger partial charge in [-0.1, -0.05) is 6.42 Å². The van der Waals surface area contributed by atoms with E-state index in [0.717, 1.165) is 35.9 Å². The number of aryl methyl sites for hydroxylation is 1. The average molecular weight is 456 g/mol. The van der Waals surface area contributed by atoms with Gasteiger partial charge in [-0.2, -0.15) is 0 Å². The Kier molecular flexibility index (Phi) is 6.44. The van der Waals surface area contributed by atoms with Crippen molar-refractivity contribution in [2.75, 3.05) is 12.4 Å². The molecule has 2 atom stereocenters. The van der Waals surface area contributed by atoms with Gasteiger partial charge in [-0.3, -0.25) is 9.59 Å². The first-order valence-electron chi connectivity index (χ1n) is 11.4. The molecule has 0 aliphatic heterocycles. The molecule has 178 valence electrons. The molecule has 4 rings (SSSR count). The van der Waals surface area contributed by atoms with Crippen molar-refractivity contribution in [3.63, 3.8) is 0 Å². The van der Waals surface area contributed by atoms with E-state index in [-0.39, 0.29) is 38.4 Å². The Bertz CT molecular complexity index is 1210. The third kappa shape index (κ3) is 4.60. The van der Waals surface area contributed by atoms with Crippen LogP contribution in [-0.2, 0) is 9.59 Å². The van der Waals surface area contributed by atoms with Crippen molar-refractivity contribution in [2.24, 2.45) is 11.8 Å². The smallest absolute Gasteiger partial charge is 0.228 e. The molecule has 33 heavy (non-hydrogen) atoms. The lowest BCUT2D eigenvalue weighted by Gasteiger charge is -2.27. The number of hydrogen-bond acceptors (Lipinski definition) is 4. The molecule has 2 heterocycles. The van der Waals surface area contributed by atoms with Crippen molar-refractivity contribution in [1.29, 1.82) is 0 Å². The highest BCUT2D eigenvalue weighted by Crippen LogP contribution is 2.32. The maximum Gasteiger partial charge on any atom is 0.228 e. The lowest BCUT2D eigenvalue weighted by molar-refractivity contribution is -0.127. The third-order valence-electron chi connectivity index (χ3n) is 6.52. The first-order chi connectivity index (χ1) is 15.8. The molecule has 1 aliphatic carbocycles. The highest BCUT2D eigenvalue weighted by Gasteiger charge is 2.31. The molecule has 0 unspecified atom stereocenters. The van der Waals surface area contributed by atoms with Gasteiger partial charge in [0.05, 0.1) is 11.8 Å². The molecule has 2 amide bonds. The molecular formula is C25H34FN5O2. The summed E-state index contributed by atoms with van der Waals surface area (Å²) < 4.78 is 16.8. The van der Waals surface area contributed by atoms with E-state index in [2.05, 4.69) is 20.6 Å². The summed E-state index contributed by atoms with van der Waals surface area (Å²) in [6, 6.07) is 5.33. The summed E-state index contributed by atoms with van der Waals surface area (Å²) in [6.45, 7) is 5.96. The fourth-order valence-corrected chi connectivity index (χ4v) is 4.66. The number of hydrogen-bond donors (Lipinski definition) is 2. The Morgan fingerprint density at radius 2 is 1.88 bits per heavy atom. The average Bonchev–Trinajstić information content (AvgIpc) is 3.25. The van der Waals surface area contributed by atoms with Crippen LogP contribution in [0.15, 0.2) is 30.7 Å². The van der Waals surface area contributed by atoms with Gasteiger partial charge in [-0.25, -0.2) is 14.4 Å². The van der Waals surface area contributed by atoms with E-state index in [4.69, 9.17) is 0 Å². The molecule has 2 N–H and O–H groups in total. The van der Waals surface area contributed by atoms with Crippen LogP contribution < -0.4 is 10.6 Å². The van der Waals surface area contributed by atoms with Gasteiger partial charge in [0.15, 0.2) is 5.82 Å². The lowest BCUT2D eigenvalue weighted by Crippen LogP contribution is -2.35. The molecule has 0 spiro atoms. The number of halogens is 1. The standard InChI is InChI=1S/C25H30FN5O2.2H2/c1-14(2)31-13-29-23-20(26)9-18(10-21(23)31)19-11-22(28-12-15(19)3)30-25(33)17-7-5-6-16(8-17)24(32)27-4;;/h9-14,16-17H,5-8H2,1-4H3,(H,27,32)(H,28,30,33);2*1H/t16-,17+;;/m1../s1. The number of anilines is 1. The van der Waals surface area contributed by atoms with Crippen LogP contribution in [-0.4, -0.2) is 33.4 Å². The number of carbonyl (C=O) groups excluding carboxylic acids is 2. The fraction of sp³-hybridized carbons (Fsp3) is 0.440. The van der Waals surface area contributed by atoms with Crippen LogP contribution in [0.5, 0.6) is 0 Å². The quantitative estimate of drug-likeness (QED) is 0.560. The van der Waals surface area contributed by atoms with Crippen LogP contribution in [0, 0.1) is 24.6 Å². The minimum absolute atomic E-state index is 0. The topological polar surface area (TPSA) is 88.9 Å². The van der Waals surface area contributed by atoms with E-state index >= 15 is 0 Å². The Morgan fingerprint density at radius 1 is 1.15 bits per heavy atom. The molecule has 0 bridgehead atoms. The number of pyridine rings is 1. The molecule has 1 aliphatic rings. The lowest BCUT2D eigenvalue weighted by atomic mass is 9.80. The van der Waals surface area contributed by atoms with E-state index in [0.29, 0.717) is 23.3 Å². The van der Waals surface area contributed by atoms with E-state index in [1.165, 1.54) is 6.07 Å². The number of nitrogens with zero attached hydrogens (tertiary/aromatic N) is 3. The normalized spacial score (nSPS) is 18.5. The molecule has 1 fully saturated rings. The van der Waals surface area contributed by atoms with E-state index in [1.807, 2.05) is 31.4 Å². The predicted molar refractivity (Wildman–Crippen MR) is 130 cm³/mol. The summed E-state index contributed by atoms with van der Waals surface area (Å²) in [5, 5.41) is 5.59. The number of carbonyl (C=O) groups is 2. The van der Waals surface area contributed by atoms with Crippen LogP contribution in [0.2, 0.25) is 0 Å². The minimum atomic E-state index is -0.383. The summed E-state index contributed by atoms with van der Waals surface area (Å²) in [5.74, 6) is -0.484. The molecule has 1 aromatic carbocycles. The Hall–Kier alpha value is -3.29. The Morgan fingerprint density at radius 3 is 2.58 bits per heavy atom. The zero-order valence-corrected chi connectivity index (χ0v) is 19.5. The molecule has 0 saturated heterocycles. The zero-order valence-electron chi connectivity index (χ0n) is 19.5. The summed E-state index contributed by atoms with van der Waals surface area (Å²) >= 11 is 0. The van der Waals surface area contributed by atoms with E-state index < -0.39 is 0 Å². The predicted octanol–water partition coefficient (Wildman–Crippen LogP) is 5.11. The molecule has 8 heteroatoms. The maximum atomic E-state index is 14.8. The Balaban J connectivity index is 0.00000216. The van der Waals surface area contributed by atoms with Crippen molar-refractivity contribution < 1.29 is 16.8 Å². The van der Waals surface area contributed by atoms with Crippen molar-refractivity contribution in [2.45, 2.75) is 52.5 Å². The summed E-state index contributed by atoms with van der Waals surface area (Å²) in [5.41, 5.74) is 3.44. The van der Waals surface area contributed by atoms with Crippen molar-refractivity contribution in [3.05, 3.63) is 42.1 Å². The molecule has 0 radical (unpaired) electrons. The van der Waals surface area contributed by atoms with Crippen LogP contribution in [0.25, 0.3) is 22.2 Å². The Labute approximate surface area is 195 Å². The molecule has 3 aromatic rings. The van der Waals surface area contributed by atoms with E-state index in [9.17, 15) is 14.0 Å². The maximum absolute atomic E-state index is 14.8. The van der Waals surface area contributed by atoms with Gasteiger partial charge in [0.2, 0.25) is 11.8 Å². The summed E-state index contributed by atoms with van der Waals surface area (Å²) in [4.78, 5) is 33.5. The second-order valence-corrected chi connectivity index (χ2v) is 9.12. The van der Waals surface area contributed by atoms with Gasteiger partial charge in [0, 0.05) is 34.0 Å². The van der Waals surface area contributed by atoms with Gasteiger partial charge >= 0.3 is 0 Å². The zero-order chi connectivity index (χ0) is 23.7. The summed E-state index contributed by atoms with van der Waals surface area (Å²) in [6.07, 6.45) is 6.26. The third-order valence-corrected chi connectivity index (χ3v) is 6.52. The number of fused-ring (bicyclic) bond motifs is 1. The summed E-state index contributed by atoms with van der Waals surface area (Å²) in [7, 11) is 1.62. The van der Waals surface area contributed by atoms with Gasteiger partial charge in [-0.05, 0) is 74.9 Å². The highest BCUT2D eigenvalue weighted by atomic mass is 19.1. The number of benzene rings is 1. The minimum Gasteiger partial charge on any atom is -0.359 e. The van der Waals surface area contributed by atoms with Crippen LogP contribution in [0.4, 0.5) is 10.2 Å². The van der Waals surface area contributed by atoms with Crippen molar-refractivity contribution in [3.8, 4) is 11.1 Å². The second-order valence-electron chi connectivity index (χ2n) is 9.12. The molecule has 7 nitrogen and oxygen atoms in total. The van der Waals surface area contributed by atoms with Gasteiger partial charge < -0.3 is 15.2 Å². The monoisotopic (exact) mass is 455 g/mol. The molecule has 2 aromatic heterocycles. The first kappa shape index (κ1) is 22.9. The van der Waals surface area contributed by atoms with Crippen LogP contribution in [0.1, 0.15) is 54.0 Å². The number of nitrogens with one attached hydrogen (secondary N) is 2. The first-order valence-corrected chi connectivity index (χ1v) is 11.4. The van der Waals surface area contributed by atoms with E-state index in [1.54, 1.807) is 25.6 Å². The number of aromatic nitrogens is 3. The SMILES string of the molecule is CNC(=O)[C@@H]1CCC[C@H](C(=O)Nc2cc(-c3cc(F)c4ncn(C(C)C)c4c3)c(C)cn2)C1.[HH].[HH]. The number of imidazole rings is 1. The molecular weight excluding hydrogens is 421 g/mol. The largest absolute Gasteiger partial charge is 0.359 e. The second kappa shape index (κ2) is 9.29. The van der Waals surface area contributed by atoms with Crippen LogP contribution >= 0.6 is 0 Å². The number of amides is 2. The van der Waals surface area contributed by atoms with Gasteiger partial charge in [0.25, 0.3) is 0 Å². The van der Waals surface area contributed by atoms with Gasteiger partial charge in [0.1, 0.15) is 11.3 Å². The van der Waals surface area contributed by atoms with Crippen molar-refractivity contribution >= 4 is 28.7 Å². The van der Waals surface area contributed by atoms with Crippen LogP contribution in [0.3, 0.4) is 0 Å². The fourth-order valence-electron chi connectivity index (χ4n) is 4.66. The number of rotatable bonds is 5. The molecule has 1 saturated carbocycles. The van der Waals surface area contributed by atoms with Crippen molar-refractivity contribution in [1.82, 2.24) is 19.9 Å².